The van der Waals surface area contributed by atoms with E-state index in [1.54, 1.807) is 4.90 Å². The molecule has 2 aliphatic rings. The fourth-order valence-electron chi connectivity index (χ4n) is 3.55. The van der Waals surface area contributed by atoms with Crippen LogP contribution in [0.2, 0.25) is 0 Å². The van der Waals surface area contributed by atoms with Gasteiger partial charge < -0.3 is 14.9 Å². The predicted octanol–water partition coefficient (Wildman–Crippen LogP) is 2.69. The summed E-state index contributed by atoms with van der Waals surface area (Å²) in [7, 11) is 0. The molecule has 1 unspecified atom stereocenters. The third-order valence-corrected chi connectivity index (χ3v) is 4.64. The van der Waals surface area contributed by atoms with Crippen molar-refractivity contribution in [3.8, 4) is 11.3 Å². The van der Waals surface area contributed by atoms with Crippen molar-refractivity contribution in [1.29, 1.82) is 0 Å². The Balaban J connectivity index is 1.53. The molecule has 1 amide bonds. The summed E-state index contributed by atoms with van der Waals surface area (Å²) >= 11 is 0. The van der Waals surface area contributed by atoms with Crippen LogP contribution in [0.4, 0.5) is 10.5 Å². The predicted molar refractivity (Wildman–Crippen MR) is 83.9 cm³/mol. The smallest absolute Gasteiger partial charge is 0.407 e. The molecule has 0 saturated carbocycles. The van der Waals surface area contributed by atoms with Gasteiger partial charge in [-0.15, -0.1) is 0 Å². The van der Waals surface area contributed by atoms with Crippen LogP contribution in [0.1, 0.15) is 6.42 Å². The summed E-state index contributed by atoms with van der Waals surface area (Å²) in [6, 6.07) is 14.6. The first-order valence-corrected chi connectivity index (χ1v) is 7.50. The van der Waals surface area contributed by atoms with Crippen LogP contribution in [0.15, 0.2) is 48.7 Å². The first kappa shape index (κ1) is 13.1. The topological polar surface area (TPSA) is 56.7 Å². The molecule has 2 saturated heterocycles. The zero-order chi connectivity index (χ0) is 15.1. The summed E-state index contributed by atoms with van der Waals surface area (Å²) in [6.07, 6.45) is 2.02. The molecular weight excluding hydrogens is 278 g/mol. The quantitative estimate of drug-likeness (QED) is 0.925. The lowest BCUT2D eigenvalue weighted by Crippen LogP contribution is -2.48. The SMILES string of the molecule is O=C(O)N1C[C@@H]2CC1CN2c1ccc(-c2ccccc2)nc1. The van der Waals surface area contributed by atoms with Crippen molar-refractivity contribution < 1.29 is 9.90 Å². The fourth-order valence-corrected chi connectivity index (χ4v) is 3.55. The summed E-state index contributed by atoms with van der Waals surface area (Å²) in [5.41, 5.74) is 3.15. The molecule has 2 fully saturated rings. The first-order valence-electron chi connectivity index (χ1n) is 7.50. The number of hydrogen-bond acceptors (Lipinski definition) is 3. The summed E-state index contributed by atoms with van der Waals surface area (Å²) in [5, 5.41) is 9.15. The van der Waals surface area contributed by atoms with Gasteiger partial charge in [0.15, 0.2) is 0 Å². The molecule has 2 bridgehead atoms. The van der Waals surface area contributed by atoms with Gasteiger partial charge in [0.25, 0.3) is 0 Å². The van der Waals surface area contributed by atoms with Crippen LogP contribution in [0.5, 0.6) is 0 Å². The zero-order valence-electron chi connectivity index (χ0n) is 12.1. The number of rotatable bonds is 2. The molecule has 1 aromatic carbocycles. The molecule has 3 heterocycles. The number of benzene rings is 1. The van der Waals surface area contributed by atoms with Gasteiger partial charge in [0.1, 0.15) is 0 Å². The van der Waals surface area contributed by atoms with Gasteiger partial charge in [-0.05, 0) is 18.6 Å². The Labute approximate surface area is 128 Å². The van der Waals surface area contributed by atoms with E-state index < -0.39 is 6.09 Å². The van der Waals surface area contributed by atoms with Crippen LogP contribution in [0.3, 0.4) is 0 Å². The average molecular weight is 295 g/mol. The molecule has 0 radical (unpaired) electrons. The van der Waals surface area contributed by atoms with E-state index in [1.807, 2.05) is 42.6 Å². The van der Waals surface area contributed by atoms with Gasteiger partial charge in [-0.2, -0.15) is 0 Å². The third-order valence-electron chi connectivity index (χ3n) is 4.64. The number of amides is 1. The van der Waals surface area contributed by atoms with Crippen LogP contribution in [-0.4, -0.2) is 46.3 Å². The number of aromatic nitrogens is 1. The maximum absolute atomic E-state index is 11.1. The number of piperazine rings is 1. The minimum Gasteiger partial charge on any atom is -0.465 e. The van der Waals surface area contributed by atoms with Gasteiger partial charge in [-0.3, -0.25) is 4.98 Å². The highest BCUT2D eigenvalue weighted by atomic mass is 16.4. The van der Waals surface area contributed by atoms with Gasteiger partial charge in [-0.25, -0.2) is 4.79 Å². The Hall–Kier alpha value is -2.56. The zero-order valence-corrected chi connectivity index (χ0v) is 12.1. The lowest BCUT2D eigenvalue weighted by molar-refractivity contribution is 0.137. The first-order chi connectivity index (χ1) is 10.7. The van der Waals surface area contributed by atoms with Gasteiger partial charge in [0.2, 0.25) is 0 Å². The average Bonchev–Trinajstić information content (AvgIpc) is 3.16. The number of fused-ring (bicyclic) bond motifs is 2. The molecule has 112 valence electrons. The maximum Gasteiger partial charge on any atom is 0.407 e. The minimum atomic E-state index is -0.801. The van der Waals surface area contributed by atoms with E-state index in [4.69, 9.17) is 5.11 Å². The lowest BCUT2D eigenvalue weighted by Gasteiger charge is -2.34. The maximum atomic E-state index is 11.1. The van der Waals surface area contributed by atoms with Crippen LogP contribution in [-0.2, 0) is 0 Å². The van der Waals surface area contributed by atoms with E-state index >= 15 is 0 Å². The molecule has 2 atom stereocenters. The molecule has 1 N–H and O–H groups in total. The van der Waals surface area contributed by atoms with Crippen molar-refractivity contribution in [3.63, 3.8) is 0 Å². The third kappa shape index (κ3) is 2.09. The molecule has 5 heteroatoms. The van der Waals surface area contributed by atoms with E-state index in [2.05, 4.69) is 16.0 Å². The Morgan fingerprint density at radius 1 is 1.09 bits per heavy atom. The van der Waals surface area contributed by atoms with E-state index in [0.717, 1.165) is 29.9 Å². The summed E-state index contributed by atoms with van der Waals surface area (Å²) in [5.74, 6) is 0. The normalized spacial score (nSPS) is 23.1. The molecule has 0 spiro atoms. The molecule has 1 aromatic heterocycles. The number of likely N-dealkylation sites (tertiary alicyclic amines) is 1. The molecule has 2 aromatic rings. The lowest BCUT2D eigenvalue weighted by atomic mass is 10.1. The van der Waals surface area contributed by atoms with E-state index in [0.29, 0.717) is 6.54 Å². The fraction of sp³-hybridized carbons (Fsp3) is 0.294. The highest BCUT2D eigenvalue weighted by molar-refractivity contribution is 5.68. The van der Waals surface area contributed by atoms with Crippen molar-refractivity contribution >= 4 is 11.8 Å². The summed E-state index contributed by atoms with van der Waals surface area (Å²) in [4.78, 5) is 19.5. The number of pyridine rings is 1. The van der Waals surface area contributed by atoms with Gasteiger partial charge in [0, 0.05) is 24.7 Å². The number of anilines is 1. The van der Waals surface area contributed by atoms with E-state index in [-0.39, 0.29) is 12.1 Å². The summed E-state index contributed by atoms with van der Waals surface area (Å²) in [6.45, 7) is 1.36. The second-order valence-electron chi connectivity index (χ2n) is 5.90. The molecule has 2 aliphatic heterocycles. The molecular formula is C17H17N3O2. The van der Waals surface area contributed by atoms with Crippen LogP contribution in [0.25, 0.3) is 11.3 Å². The largest absolute Gasteiger partial charge is 0.465 e. The van der Waals surface area contributed by atoms with Gasteiger partial charge in [-0.1, -0.05) is 30.3 Å². The molecule has 5 nitrogen and oxygen atoms in total. The number of nitrogens with zero attached hydrogens (tertiary/aromatic N) is 3. The van der Waals surface area contributed by atoms with Crippen molar-refractivity contribution in [2.24, 2.45) is 0 Å². The van der Waals surface area contributed by atoms with Crippen molar-refractivity contribution in [3.05, 3.63) is 48.7 Å². The van der Waals surface area contributed by atoms with Gasteiger partial charge in [0.05, 0.1) is 23.6 Å². The van der Waals surface area contributed by atoms with Crippen LogP contribution in [0, 0.1) is 0 Å². The van der Waals surface area contributed by atoms with Gasteiger partial charge >= 0.3 is 6.09 Å². The van der Waals surface area contributed by atoms with Crippen molar-refractivity contribution in [2.75, 3.05) is 18.0 Å². The molecule has 22 heavy (non-hydrogen) atoms. The standard InChI is InChI=1S/C17H17N3O2/c21-17(22)20-11-14-8-15(20)10-19(14)13-6-7-16(18-9-13)12-4-2-1-3-5-12/h1-7,9,14-15H,8,10-11H2,(H,21,22)/t14-,15?/m0/s1. The second-order valence-corrected chi connectivity index (χ2v) is 5.90. The van der Waals surface area contributed by atoms with Crippen molar-refractivity contribution in [2.45, 2.75) is 18.5 Å². The highest BCUT2D eigenvalue weighted by Crippen LogP contribution is 2.34. The monoisotopic (exact) mass is 295 g/mol. The molecule has 0 aliphatic carbocycles. The minimum absolute atomic E-state index is 0.122. The Morgan fingerprint density at radius 2 is 1.91 bits per heavy atom. The Morgan fingerprint density at radius 3 is 2.50 bits per heavy atom. The summed E-state index contributed by atoms with van der Waals surface area (Å²) < 4.78 is 0. The number of hydrogen-bond donors (Lipinski definition) is 1. The number of carboxylic acid groups (broad SMARTS) is 1. The van der Waals surface area contributed by atoms with Crippen LogP contribution < -0.4 is 4.90 Å². The van der Waals surface area contributed by atoms with Crippen LogP contribution >= 0.6 is 0 Å². The second kappa shape index (κ2) is 5.02. The number of carbonyl (C=O) groups is 1. The molecule has 4 rings (SSSR count). The van der Waals surface area contributed by atoms with E-state index in [9.17, 15) is 4.79 Å². The Kier molecular flexibility index (Phi) is 2.99. The highest BCUT2D eigenvalue weighted by Gasteiger charge is 2.45. The van der Waals surface area contributed by atoms with Crippen molar-refractivity contribution in [1.82, 2.24) is 9.88 Å². The van der Waals surface area contributed by atoms with E-state index in [1.165, 1.54) is 0 Å². The Bertz CT molecular complexity index is 687.